The van der Waals surface area contributed by atoms with Gasteiger partial charge in [-0.1, -0.05) is 37.6 Å². The predicted molar refractivity (Wildman–Crippen MR) is 75.9 cm³/mol. The van der Waals surface area contributed by atoms with Crippen LogP contribution in [0.3, 0.4) is 0 Å². The third-order valence-electron chi connectivity index (χ3n) is 3.69. The van der Waals surface area contributed by atoms with E-state index in [0.717, 1.165) is 19.3 Å². The molecule has 1 heterocycles. The molecule has 19 heavy (non-hydrogen) atoms. The van der Waals surface area contributed by atoms with Crippen molar-refractivity contribution < 1.29 is 9.53 Å². The first kappa shape index (κ1) is 14.1. The molecule has 0 radical (unpaired) electrons. The Balaban J connectivity index is 1.86. The lowest BCUT2D eigenvalue weighted by molar-refractivity contribution is -0.132. The number of carbonyl (C=O) groups excluding carboxylic acids is 1. The van der Waals surface area contributed by atoms with Gasteiger partial charge in [-0.25, -0.2) is 0 Å². The van der Waals surface area contributed by atoms with E-state index in [9.17, 15) is 4.79 Å². The molecule has 1 aromatic carbocycles. The van der Waals surface area contributed by atoms with Gasteiger partial charge in [0.1, 0.15) is 0 Å². The maximum Gasteiger partial charge on any atom is 0.222 e. The molecular formula is C16H23NO2. The molecule has 3 heteroatoms. The van der Waals surface area contributed by atoms with Gasteiger partial charge in [-0.2, -0.15) is 0 Å². The SMILES string of the molecule is CCCCC(=O)N(C)CC1Cc2ccccc2CO1. The molecule has 1 aliphatic rings. The summed E-state index contributed by atoms with van der Waals surface area (Å²) >= 11 is 0. The largest absolute Gasteiger partial charge is 0.371 e. The number of carbonyl (C=O) groups is 1. The van der Waals surface area contributed by atoms with Crippen LogP contribution in [0.1, 0.15) is 37.3 Å². The highest BCUT2D eigenvalue weighted by Gasteiger charge is 2.21. The summed E-state index contributed by atoms with van der Waals surface area (Å²) in [7, 11) is 1.88. The minimum atomic E-state index is 0.130. The van der Waals surface area contributed by atoms with Gasteiger partial charge in [0.15, 0.2) is 0 Å². The Morgan fingerprint density at radius 1 is 1.37 bits per heavy atom. The standard InChI is InChI=1S/C16H23NO2/c1-3-4-9-16(18)17(2)11-15-10-13-7-5-6-8-14(13)12-19-15/h5-8,15H,3-4,9-12H2,1-2H3. The molecule has 0 saturated heterocycles. The number of nitrogens with zero attached hydrogens (tertiary/aromatic N) is 1. The van der Waals surface area contributed by atoms with E-state index in [1.807, 2.05) is 18.0 Å². The third-order valence-corrected chi connectivity index (χ3v) is 3.69. The van der Waals surface area contributed by atoms with Gasteiger partial charge in [0, 0.05) is 26.4 Å². The summed E-state index contributed by atoms with van der Waals surface area (Å²) in [6.45, 7) is 3.46. The van der Waals surface area contributed by atoms with Crippen LogP contribution >= 0.6 is 0 Å². The first-order chi connectivity index (χ1) is 9.20. The summed E-state index contributed by atoms with van der Waals surface area (Å²) in [6, 6.07) is 8.38. The predicted octanol–water partition coefficient (Wildman–Crippen LogP) is 2.78. The van der Waals surface area contributed by atoms with Gasteiger partial charge in [0.2, 0.25) is 5.91 Å². The lowest BCUT2D eigenvalue weighted by Gasteiger charge is -2.29. The van der Waals surface area contributed by atoms with E-state index < -0.39 is 0 Å². The number of unbranched alkanes of at least 4 members (excludes halogenated alkanes) is 1. The van der Waals surface area contributed by atoms with Gasteiger partial charge in [-0.15, -0.1) is 0 Å². The highest BCUT2D eigenvalue weighted by Crippen LogP contribution is 2.20. The maximum atomic E-state index is 11.9. The molecule has 0 N–H and O–H groups in total. The average Bonchev–Trinajstić information content (AvgIpc) is 2.44. The number of likely N-dealkylation sites (N-methyl/N-ethyl adjacent to an activating group) is 1. The minimum Gasteiger partial charge on any atom is -0.371 e. The molecule has 0 bridgehead atoms. The molecule has 0 fully saturated rings. The van der Waals surface area contributed by atoms with E-state index >= 15 is 0 Å². The fraction of sp³-hybridized carbons (Fsp3) is 0.562. The molecule has 0 spiro atoms. The number of rotatable bonds is 5. The number of ether oxygens (including phenoxy) is 1. The fourth-order valence-corrected chi connectivity index (χ4v) is 2.45. The number of hydrogen-bond acceptors (Lipinski definition) is 2. The molecule has 1 aliphatic heterocycles. The second kappa shape index (κ2) is 6.71. The normalized spacial score (nSPS) is 17.9. The summed E-state index contributed by atoms with van der Waals surface area (Å²) in [6.07, 6.45) is 3.72. The Morgan fingerprint density at radius 2 is 2.11 bits per heavy atom. The van der Waals surface area contributed by atoms with Gasteiger partial charge in [0.05, 0.1) is 12.7 Å². The van der Waals surface area contributed by atoms with Crippen LogP contribution in [0.15, 0.2) is 24.3 Å². The van der Waals surface area contributed by atoms with Crippen molar-refractivity contribution in [1.82, 2.24) is 4.90 Å². The van der Waals surface area contributed by atoms with Gasteiger partial charge in [0.25, 0.3) is 0 Å². The zero-order valence-corrected chi connectivity index (χ0v) is 11.9. The topological polar surface area (TPSA) is 29.5 Å². The van der Waals surface area contributed by atoms with Crippen LogP contribution in [0, 0.1) is 0 Å². The lowest BCUT2D eigenvalue weighted by Crippen LogP contribution is -2.38. The van der Waals surface area contributed by atoms with Crippen LogP contribution in [0.25, 0.3) is 0 Å². The summed E-state index contributed by atoms with van der Waals surface area (Å²) in [5.41, 5.74) is 2.63. The Morgan fingerprint density at radius 3 is 2.84 bits per heavy atom. The molecule has 1 amide bonds. The highest BCUT2D eigenvalue weighted by molar-refractivity contribution is 5.75. The van der Waals surface area contributed by atoms with Crippen molar-refractivity contribution in [2.45, 2.75) is 45.3 Å². The van der Waals surface area contributed by atoms with Gasteiger partial charge in [-0.3, -0.25) is 4.79 Å². The van der Waals surface area contributed by atoms with Gasteiger partial charge >= 0.3 is 0 Å². The smallest absolute Gasteiger partial charge is 0.222 e. The van der Waals surface area contributed by atoms with Crippen molar-refractivity contribution in [3.8, 4) is 0 Å². The van der Waals surface area contributed by atoms with Crippen molar-refractivity contribution in [2.24, 2.45) is 0 Å². The molecule has 1 unspecified atom stereocenters. The first-order valence-corrected chi connectivity index (χ1v) is 7.13. The Hall–Kier alpha value is -1.35. The van der Waals surface area contributed by atoms with Gasteiger partial charge < -0.3 is 9.64 Å². The zero-order valence-electron chi connectivity index (χ0n) is 11.9. The Bertz CT molecular complexity index is 431. The van der Waals surface area contributed by atoms with Crippen molar-refractivity contribution in [3.63, 3.8) is 0 Å². The lowest BCUT2D eigenvalue weighted by atomic mass is 9.99. The van der Waals surface area contributed by atoms with Crippen LogP contribution in [-0.2, 0) is 22.6 Å². The maximum absolute atomic E-state index is 11.9. The Labute approximate surface area is 115 Å². The van der Waals surface area contributed by atoms with E-state index in [1.54, 1.807) is 0 Å². The molecule has 3 nitrogen and oxygen atoms in total. The van der Waals surface area contributed by atoms with Crippen molar-refractivity contribution >= 4 is 5.91 Å². The molecule has 0 aliphatic carbocycles. The number of benzene rings is 1. The number of fused-ring (bicyclic) bond motifs is 1. The molecular weight excluding hydrogens is 238 g/mol. The number of amides is 1. The zero-order chi connectivity index (χ0) is 13.7. The van der Waals surface area contributed by atoms with Crippen molar-refractivity contribution in [1.29, 1.82) is 0 Å². The van der Waals surface area contributed by atoms with E-state index in [-0.39, 0.29) is 12.0 Å². The molecule has 104 valence electrons. The minimum absolute atomic E-state index is 0.130. The van der Waals surface area contributed by atoms with Gasteiger partial charge in [-0.05, 0) is 17.5 Å². The fourth-order valence-electron chi connectivity index (χ4n) is 2.45. The molecule has 0 aromatic heterocycles. The van der Waals surface area contributed by atoms with Crippen LogP contribution in [0.4, 0.5) is 0 Å². The quantitative estimate of drug-likeness (QED) is 0.815. The van der Waals surface area contributed by atoms with E-state index in [0.29, 0.717) is 19.6 Å². The van der Waals surface area contributed by atoms with Crippen LogP contribution in [0.2, 0.25) is 0 Å². The van der Waals surface area contributed by atoms with Crippen molar-refractivity contribution in [2.75, 3.05) is 13.6 Å². The van der Waals surface area contributed by atoms with Crippen LogP contribution < -0.4 is 0 Å². The van der Waals surface area contributed by atoms with Crippen LogP contribution in [0.5, 0.6) is 0 Å². The molecule has 2 rings (SSSR count). The molecule has 1 atom stereocenters. The highest BCUT2D eigenvalue weighted by atomic mass is 16.5. The van der Waals surface area contributed by atoms with E-state index in [2.05, 4.69) is 25.1 Å². The second-order valence-electron chi connectivity index (χ2n) is 5.28. The average molecular weight is 261 g/mol. The monoisotopic (exact) mass is 261 g/mol. The second-order valence-corrected chi connectivity index (χ2v) is 5.28. The first-order valence-electron chi connectivity index (χ1n) is 7.13. The third kappa shape index (κ3) is 3.80. The summed E-state index contributed by atoms with van der Waals surface area (Å²) in [5.74, 6) is 0.226. The summed E-state index contributed by atoms with van der Waals surface area (Å²) in [4.78, 5) is 13.7. The van der Waals surface area contributed by atoms with E-state index in [1.165, 1.54) is 11.1 Å². The van der Waals surface area contributed by atoms with Crippen molar-refractivity contribution in [3.05, 3.63) is 35.4 Å². The molecule has 0 saturated carbocycles. The Kier molecular flexibility index (Phi) is 4.97. The summed E-state index contributed by atoms with van der Waals surface area (Å²) < 4.78 is 5.84. The van der Waals surface area contributed by atoms with E-state index in [4.69, 9.17) is 4.74 Å². The summed E-state index contributed by atoms with van der Waals surface area (Å²) in [5, 5.41) is 0. The molecule has 1 aromatic rings. The number of hydrogen-bond donors (Lipinski definition) is 0. The van der Waals surface area contributed by atoms with Crippen LogP contribution in [-0.4, -0.2) is 30.5 Å².